The molecule has 0 spiro atoms. The van der Waals surface area contributed by atoms with E-state index in [9.17, 15) is 28.5 Å². The molecule has 0 aromatic carbocycles. The number of esters is 1. The maximum Gasteiger partial charge on any atom is 0.490 e. The number of halogens is 3. The number of aromatic amines is 1. The van der Waals surface area contributed by atoms with Crippen molar-refractivity contribution in [1.29, 1.82) is 10.5 Å². The van der Waals surface area contributed by atoms with Gasteiger partial charge in [0, 0.05) is 36.2 Å². The van der Waals surface area contributed by atoms with Crippen LogP contribution in [0.25, 0.3) is 22.3 Å². The molecule has 3 heterocycles. The van der Waals surface area contributed by atoms with Gasteiger partial charge in [-0.1, -0.05) is 0 Å². The summed E-state index contributed by atoms with van der Waals surface area (Å²) in [6.07, 6.45) is 1.37. The third-order valence-corrected chi connectivity index (χ3v) is 5.65. The van der Waals surface area contributed by atoms with Crippen LogP contribution in [0.15, 0.2) is 31.0 Å². The SMILES string of the molecule is N#CCC(C1CCC(C#N)(OC(=O)C(F)(F)F)C1)n1cc(-c2ncnc3[nH]ccc23)cn1. The van der Waals surface area contributed by atoms with Crippen LogP contribution in [0.4, 0.5) is 13.2 Å². The standard InChI is InChI=1S/C20H16F3N7O2/c21-20(22,23)18(31)32-19(10-25)4-1-12(7-19)15(2-5-24)30-9-13(8-29-30)16-14-3-6-26-17(14)28-11-27-16/h3,6,8-9,11-12,15H,1-2,4,7H2,(H,26,27,28). The van der Waals surface area contributed by atoms with Gasteiger partial charge in [-0.2, -0.15) is 28.8 Å². The van der Waals surface area contributed by atoms with Crippen LogP contribution >= 0.6 is 0 Å². The van der Waals surface area contributed by atoms with Crippen molar-refractivity contribution in [1.82, 2.24) is 24.7 Å². The highest BCUT2D eigenvalue weighted by molar-refractivity contribution is 5.89. The highest BCUT2D eigenvalue weighted by Crippen LogP contribution is 2.44. The molecule has 164 valence electrons. The van der Waals surface area contributed by atoms with E-state index >= 15 is 0 Å². The van der Waals surface area contributed by atoms with Crippen molar-refractivity contribution in [2.45, 2.75) is 43.5 Å². The maximum atomic E-state index is 12.6. The van der Waals surface area contributed by atoms with Crippen molar-refractivity contribution in [2.75, 3.05) is 0 Å². The lowest BCUT2D eigenvalue weighted by Gasteiger charge is -2.25. The summed E-state index contributed by atoms with van der Waals surface area (Å²) >= 11 is 0. The molecule has 0 aliphatic heterocycles. The van der Waals surface area contributed by atoms with Crippen molar-refractivity contribution in [2.24, 2.45) is 5.92 Å². The second kappa shape index (κ2) is 7.96. The molecule has 0 amide bonds. The first-order valence-electron chi connectivity index (χ1n) is 9.67. The summed E-state index contributed by atoms with van der Waals surface area (Å²) in [5, 5.41) is 23.9. The van der Waals surface area contributed by atoms with Crippen LogP contribution in [0.3, 0.4) is 0 Å². The third-order valence-electron chi connectivity index (χ3n) is 5.65. The molecule has 4 rings (SSSR count). The van der Waals surface area contributed by atoms with E-state index < -0.39 is 23.8 Å². The highest BCUT2D eigenvalue weighted by Gasteiger charge is 2.51. The molecule has 1 aliphatic rings. The molecule has 12 heteroatoms. The molecule has 1 fully saturated rings. The first-order chi connectivity index (χ1) is 15.3. The Morgan fingerprint density at radius 3 is 2.94 bits per heavy atom. The van der Waals surface area contributed by atoms with Crippen molar-refractivity contribution < 1.29 is 22.7 Å². The van der Waals surface area contributed by atoms with Crippen LogP contribution in [0, 0.1) is 28.6 Å². The van der Waals surface area contributed by atoms with E-state index in [1.54, 1.807) is 29.3 Å². The second-order valence-electron chi connectivity index (χ2n) is 7.60. The fourth-order valence-electron chi connectivity index (χ4n) is 4.14. The minimum absolute atomic E-state index is 0.0177. The third kappa shape index (κ3) is 3.87. The molecule has 3 aromatic rings. The van der Waals surface area contributed by atoms with Gasteiger partial charge in [0.15, 0.2) is 5.60 Å². The topological polar surface area (TPSA) is 133 Å². The Morgan fingerprint density at radius 2 is 2.22 bits per heavy atom. The molecule has 3 atom stereocenters. The summed E-state index contributed by atoms with van der Waals surface area (Å²) in [6.45, 7) is 0. The van der Waals surface area contributed by atoms with Crippen LogP contribution in [-0.2, 0) is 9.53 Å². The van der Waals surface area contributed by atoms with Gasteiger partial charge in [0.05, 0.1) is 30.4 Å². The van der Waals surface area contributed by atoms with Crippen molar-refractivity contribution in [3.05, 3.63) is 31.0 Å². The zero-order valence-electron chi connectivity index (χ0n) is 16.5. The Morgan fingerprint density at radius 1 is 1.41 bits per heavy atom. The number of aromatic nitrogens is 5. The fraction of sp³-hybridized carbons (Fsp3) is 0.400. The van der Waals surface area contributed by atoms with Crippen LogP contribution in [0.5, 0.6) is 0 Å². The number of ether oxygens (including phenoxy) is 1. The van der Waals surface area contributed by atoms with E-state index in [0.29, 0.717) is 23.3 Å². The number of hydrogen-bond donors (Lipinski definition) is 1. The Bertz CT molecular complexity index is 1240. The highest BCUT2D eigenvalue weighted by atomic mass is 19.4. The molecule has 32 heavy (non-hydrogen) atoms. The average molecular weight is 443 g/mol. The van der Waals surface area contributed by atoms with Crippen molar-refractivity contribution >= 4 is 17.0 Å². The van der Waals surface area contributed by atoms with E-state index in [1.165, 1.54) is 6.33 Å². The summed E-state index contributed by atoms with van der Waals surface area (Å²) in [6, 6.07) is 5.10. The zero-order chi connectivity index (χ0) is 22.9. The van der Waals surface area contributed by atoms with Crippen molar-refractivity contribution in [3.63, 3.8) is 0 Å². The largest absolute Gasteiger partial charge is 0.490 e. The number of nitrogens with zero attached hydrogens (tertiary/aromatic N) is 6. The van der Waals surface area contributed by atoms with E-state index in [-0.39, 0.29) is 25.2 Å². The van der Waals surface area contributed by atoms with Crippen LogP contribution < -0.4 is 0 Å². The number of H-pyrrole nitrogens is 1. The molecular formula is C20H16F3N7O2. The molecule has 3 aromatic heterocycles. The summed E-state index contributed by atoms with van der Waals surface area (Å²) in [5.74, 6) is -2.78. The predicted octanol–water partition coefficient (Wildman–Crippen LogP) is 3.44. The molecule has 1 aliphatic carbocycles. The van der Waals surface area contributed by atoms with Gasteiger partial charge in [-0.3, -0.25) is 4.68 Å². The van der Waals surface area contributed by atoms with Gasteiger partial charge in [-0.15, -0.1) is 0 Å². The molecule has 0 bridgehead atoms. The lowest BCUT2D eigenvalue weighted by molar-refractivity contribution is -0.209. The lowest BCUT2D eigenvalue weighted by Crippen LogP contribution is -2.37. The Balaban J connectivity index is 1.59. The lowest BCUT2D eigenvalue weighted by atomic mass is 9.93. The van der Waals surface area contributed by atoms with Crippen LogP contribution in [-0.4, -0.2) is 42.5 Å². The number of carbonyl (C=O) groups excluding carboxylic acids is 1. The predicted molar refractivity (Wildman–Crippen MR) is 102 cm³/mol. The van der Waals surface area contributed by atoms with Gasteiger partial charge < -0.3 is 9.72 Å². The van der Waals surface area contributed by atoms with Gasteiger partial charge >= 0.3 is 12.1 Å². The molecule has 9 nitrogen and oxygen atoms in total. The number of fused-ring (bicyclic) bond motifs is 1. The van der Waals surface area contributed by atoms with E-state index in [0.717, 1.165) is 5.39 Å². The fourth-order valence-corrected chi connectivity index (χ4v) is 4.14. The minimum atomic E-state index is -5.19. The summed E-state index contributed by atoms with van der Waals surface area (Å²) < 4.78 is 44.1. The smallest absolute Gasteiger partial charge is 0.437 e. The minimum Gasteiger partial charge on any atom is -0.437 e. The first kappa shape index (κ1) is 21.3. The monoisotopic (exact) mass is 443 g/mol. The Labute approximate surface area is 179 Å². The van der Waals surface area contributed by atoms with Crippen molar-refractivity contribution in [3.8, 4) is 23.4 Å². The second-order valence-corrected chi connectivity index (χ2v) is 7.60. The normalized spacial score (nSPS) is 21.7. The number of alkyl halides is 3. The Hall–Kier alpha value is -3.93. The molecule has 1 N–H and O–H groups in total. The number of hydrogen-bond acceptors (Lipinski definition) is 7. The van der Waals surface area contributed by atoms with Crippen LogP contribution in [0.2, 0.25) is 0 Å². The molecular weight excluding hydrogens is 427 g/mol. The number of nitrogens with one attached hydrogen (secondary N) is 1. The quantitative estimate of drug-likeness (QED) is 0.597. The molecule has 0 saturated heterocycles. The van der Waals surface area contributed by atoms with Crippen LogP contribution in [0.1, 0.15) is 31.7 Å². The van der Waals surface area contributed by atoms with Gasteiger partial charge in [-0.25, -0.2) is 14.8 Å². The number of nitriles is 2. The average Bonchev–Trinajstić information content (AvgIpc) is 3.50. The van der Waals surface area contributed by atoms with E-state index in [4.69, 9.17) is 0 Å². The molecule has 1 saturated carbocycles. The van der Waals surface area contributed by atoms with Gasteiger partial charge in [0.25, 0.3) is 0 Å². The van der Waals surface area contributed by atoms with Gasteiger partial charge in [0.2, 0.25) is 0 Å². The maximum absolute atomic E-state index is 12.6. The summed E-state index contributed by atoms with van der Waals surface area (Å²) in [4.78, 5) is 22.8. The van der Waals surface area contributed by atoms with E-state index in [2.05, 4.69) is 30.9 Å². The number of rotatable bonds is 5. The Kier molecular flexibility index (Phi) is 5.30. The number of carbonyl (C=O) groups is 1. The van der Waals surface area contributed by atoms with E-state index in [1.807, 2.05) is 6.07 Å². The summed E-state index contributed by atoms with van der Waals surface area (Å²) in [5.41, 5.74) is 0.0748. The summed E-state index contributed by atoms with van der Waals surface area (Å²) in [7, 11) is 0. The molecule has 3 unspecified atom stereocenters. The zero-order valence-corrected chi connectivity index (χ0v) is 16.5. The first-order valence-corrected chi connectivity index (χ1v) is 9.67. The molecule has 0 radical (unpaired) electrons. The van der Waals surface area contributed by atoms with Gasteiger partial charge in [0.1, 0.15) is 18.0 Å². The van der Waals surface area contributed by atoms with Gasteiger partial charge in [-0.05, 0) is 18.4 Å².